The van der Waals surface area contributed by atoms with Crippen molar-refractivity contribution in [2.75, 3.05) is 13.1 Å². The lowest BCUT2D eigenvalue weighted by Gasteiger charge is -2.26. The van der Waals surface area contributed by atoms with E-state index in [1.54, 1.807) is 15.7 Å². The lowest BCUT2D eigenvalue weighted by molar-refractivity contribution is -0.127. The van der Waals surface area contributed by atoms with Gasteiger partial charge in [-0.25, -0.2) is 4.68 Å². The molecule has 1 fully saturated rings. The Labute approximate surface area is 227 Å². The summed E-state index contributed by atoms with van der Waals surface area (Å²) in [4.78, 5) is 14.9. The second-order valence-electron chi connectivity index (χ2n) is 9.14. The molecular formula is C31H27ClN4O2. The number of carbonyl (C=O) groups is 1. The Bertz CT molecular complexity index is 1480. The maximum Gasteiger partial charge on any atom is 0.264 e. The maximum atomic E-state index is 13.1. The van der Waals surface area contributed by atoms with E-state index in [-0.39, 0.29) is 11.5 Å². The number of amides is 1. The number of rotatable bonds is 7. The van der Waals surface area contributed by atoms with Gasteiger partial charge in [-0.15, -0.1) is 0 Å². The van der Waals surface area contributed by atoms with Gasteiger partial charge in [0.05, 0.1) is 11.4 Å². The molecule has 1 aliphatic rings. The molecule has 1 aromatic heterocycles. The van der Waals surface area contributed by atoms with Crippen molar-refractivity contribution >= 4 is 23.6 Å². The third kappa shape index (κ3) is 5.80. The number of carbonyl (C=O) groups excluding carboxylic acids is 1. The summed E-state index contributed by atoms with van der Waals surface area (Å²) in [5.41, 5.74) is 4.12. The van der Waals surface area contributed by atoms with Gasteiger partial charge in [-0.3, -0.25) is 4.79 Å². The van der Waals surface area contributed by atoms with Gasteiger partial charge in [0.25, 0.3) is 5.91 Å². The quantitative estimate of drug-likeness (QED) is 0.200. The first kappa shape index (κ1) is 25.3. The molecule has 2 heterocycles. The Balaban J connectivity index is 1.45. The normalized spacial score (nSPS) is 13.7. The van der Waals surface area contributed by atoms with Crippen molar-refractivity contribution in [3.8, 4) is 28.8 Å². The van der Waals surface area contributed by atoms with Crippen LogP contribution in [-0.2, 0) is 11.4 Å². The summed E-state index contributed by atoms with van der Waals surface area (Å²) in [5.74, 6) is 0.472. The first-order valence-corrected chi connectivity index (χ1v) is 13.0. The minimum absolute atomic E-state index is 0.112. The molecule has 5 rings (SSSR count). The van der Waals surface area contributed by atoms with Gasteiger partial charge in [-0.05, 0) is 67.8 Å². The van der Waals surface area contributed by atoms with Crippen LogP contribution in [0.1, 0.15) is 30.4 Å². The predicted molar refractivity (Wildman–Crippen MR) is 149 cm³/mol. The number of halogens is 1. The first-order chi connectivity index (χ1) is 18.6. The van der Waals surface area contributed by atoms with Crippen molar-refractivity contribution in [3.63, 3.8) is 0 Å². The summed E-state index contributed by atoms with van der Waals surface area (Å²) >= 11 is 6.25. The van der Waals surface area contributed by atoms with Crippen LogP contribution in [0.2, 0.25) is 5.02 Å². The van der Waals surface area contributed by atoms with E-state index in [2.05, 4.69) is 6.07 Å². The van der Waals surface area contributed by atoms with Crippen molar-refractivity contribution in [1.82, 2.24) is 14.7 Å². The van der Waals surface area contributed by atoms with E-state index in [4.69, 9.17) is 21.4 Å². The van der Waals surface area contributed by atoms with Gasteiger partial charge in [-0.2, -0.15) is 10.4 Å². The first-order valence-electron chi connectivity index (χ1n) is 12.6. The number of piperidine rings is 1. The molecule has 0 spiro atoms. The second-order valence-corrected chi connectivity index (χ2v) is 9.55. The van der Waals surface area contributed by atoms with E-state index in [9.17, 15) is 10.1 Å². The Kier molecular flexibility index (Phi) is 7.86. The van der Waals surface area contributed by atoms with Crippen molar-refractivity contribution in [3.05, 3.63) is 107 Å². The SMILES string of the molecule is N#C/C(=C/c1cn(-c2ccccc2)nc1-c1ccc(OCc2ccccc2Cl)cc1)C(=O)N1CCCCC1. The van der Waals surface area contributed by atoms with Crippen LogP contribution in [0, 0.1) is 11.3 Å². The third-order valence-electron chi connectivity index (χ3n) is 6.54. The van der Waals surface area contributed by atoms with E-state index < -0.39 is 0 Å². The molecule has 7 heteroatoms. The number of hydrogen-bond acceptors (Lipinski definition) is 4. The molecule has 0 N–H and O–H groups in total. The van der Waals surface area contributed by atoms with Gasteiger partial charge in [0.1, 0.15) is 24.0 Å². The number of ether oxygens (including phenoxy) is 1. The highest BCUT2D eigenvalue weighted by Gasteiger charge is 2.21. The average Bonchev–Trinajstić information content (AvgIpc) is 3.40. The molecule has 0 saturated carbocycles. The van der Waals surface area contributed by atoms with E-state index in [0.717, 1.165) is 36.1 Å². The standard InChI is InChI=1S/C31H27ClN4O2/c32-29-12-6-5-9-24(29)22-38-28-15-13-23(14-16-28)30-26(21-36(34-30)27-10-3-1-4-11-27)19-25(20-33)31(37)35-17-7-2-8-18-35/h1,3-6,9-16,19,21H,2,7-8,17-18,22H2/b25-19-. The van der Waals surface area contributed by atoms with Crippen molar-refractivity contribution in [2.45, 2.75) is 25.9 Å². The molecule has 6 nitrogen and oxygen atoms in total. The number of nitriles is 1. The van der Waals surface area contributed by atoms with Crippen LogP contribution in [0.4, 0.5) is 0 Å². The lowest BCUT2D eigenvalue weighted by Crippen LogP contribution is -2.36. The monoisotopic (exact) mass is 522 g/mol. The Hall–Kier alpha value is -4.34. The van der Waals surface area contributed by atoms with E-state index >= 15 is 0 Å². The van der Waals surface area contributed by atoms with Crippen molar-refractivity contribution in [2.24, 2.45) is 0 Å². The summed E-state index contributed by atoms with van der Waals surface area (Å²) in [6.07, 6.45) is 6.55. The largest absolute Gasteiger partial charge is 0.489 e. The molecule has 38 heavy (non-hydrogen) atoms. The number of likely N-dealkylation sites (tertiary alicyclic amines) is 1. The Morgan fingerprint density at radius 3 is 2.39 bits per heavy atom. The second kappa shape index (κ2) is 11.8. The summed E-state index contributed by atoms with van der Waals surface area (Å²) in [7, 11) is 0. The zero-order valence-electron chi connectivity index (χ0n) is 20.9. The lowest BCUT2D eigenvalue weighted by atomic mass is 10.0. The van der Waals surface area contributed by atoms with Crippen molar-refractivity contribution in [1.29, 1.82) is 5.26 Å². The van der Waals surface area contributed by atoms with Crippen LogP contribution in [-0.4, -0.2) is 33.7 Å². The number of para-hydroxylation sites is 1. The molecule has 0 radical (unpaired) electrons. The van der Waals surface area contributed by atoms with Crippen molar-refractivity contribution < 1.29 is 9.53 Å². The maximum absolute atomic E-state index is 13.1. The van der Waals surface area contributed by atoms with Crippen LogP contribution in [0.3, 0.4) is 0 Å². The molecule has 3 aromatic carbocycles. The number of benzene rings is 3. The zero-order valence-corrected chi connectivity index (χ0v) is 21.6. The molecular weight excluding hydrogens is 496 g/mol. The summed E-state index contributed by atoms with van der Waals surface area (Å²) < 4.78 is 7.70. The van der Waals surface area contributed by atoms with Gasteiger partial charge in [0.15, 0.2) is 0 Å². The highest BCUT2D eigenvalue weighted by molar-refractivity contribution is 6.31. The Morgan fingerprint density at radius 1 is 0.974 bits per heavy atom. The fraction of sp³-hybridized carbons (Fsp3) is 0.194. The van der Waals surface area contributed by atoms with Crippen LogP contribution < -0.4 is 4.74 Å². The van der Waals surface area contributed by atoms with E-state index in [1.165, 1.54) is 0 Å². The smallest absolute Gasteiger partial charge is 0.264 e. The third-order valence-corrected chi connectivity index (χ3v) is 6.91. The molecule has 0 aliphatic carbocycles. The number of aromatic nitrogens is 2. The highest BCUT2D eigenvalue weighted by Crippen LogP contribution is 2.28. The number of hydrogen-bond donors (Lipinski definition) is 0. The molecule has 0 atom stereocenters. The van der Waals surface area contributed by atoms with E-state index in [1.807, 2.05) is 85.1 Å². The van der Waals surface area contributed by atoms with Gasteiger partial charge >= 0.3 is 0 Å². The van der Waals surface area contributed by atoms with Gasteiger partial charge in [0.2, 0.25) is 0 Å². The summed E-state index contributed by atoms with van der Waals surface area (Å²) in [5, 5.41) is 15.4. The molecule has 0 bridgehead atoms. The Morgan fingerprint density at radius 2 is 1.68 bits per heavy atom. The molecule has 4 aromatic rings. The highest BCUT2D eigenvalue weighted by atomic mass is 35.5. The van der Waals surface area contributed by atoms with Crippen LogP contribution in [0.5, 0.6) is 5.75 Å². The topological polar surface area (TPSA) is 71.1 Å². The molecule has 1 amide bonds. The van der Waals surface area contributed by atoms with Gasteiger partial charge in [-0.1, -0.05) is 48.0 Å². The molecule has 1 saturated heterocycles. The van der Waals surface area contributed by atoms with Crippen LogP contribution in [0.25, 0.3) is 23.0 Å². The fourth-order valence-electron chi connectivity index (χ4n) is 4.48. The minimum atomic E-state index is -0.228. The van der Waals surface area contributed by atoms with Crippen LogP contribution >= 0.6 is 11.6 Å². The van der Waals surface area contributed by atoms with Crippen LogP contribution in [0.15, 0.2) is 90.6 Å². The zero-order chi connectivity index (χ0) is 26.3. The molecule has 0 unspecified atom stereocenters. The average molecular weight is 523 g/mol. The van der Waals surface area contributed by atoms with E-state index in [0.29, 0.717) is 41.7 Å². The molecule has 1 aliphatic heterocycles. The minimum Gasteiger partial charge on any atom is -0.489 e. The summed E-state index contributed by atoms with van der Waals surface area (Å²) in [6, 6.07) is 27.1. The predicted octanol–water partition coefficient (Wildman–Crippen LogP) is 6.69. The van der Waals surface area contributed by atoms with Gasteiger partial charge in [0, 0.05) is 41.0 Å². The van der Waals surface area contributed by atoms with Gasteiger partial charge < -0.3 is 9.64 Å². The number of nitrogens with zero attached hydrogens (tertiary/aromatic N) is 4. The summed E-state index contributed by atoms with van der Waals surface area (Å²) in [6.45, 7) is 1.73. The molecule has 190 valence electrons. The fourth-order valence-corrected chi connectivity index (χ4v) is 4.67.